The molecule has 1 aromatic carbocycles. The highest BCUT2D eigenvalue weighted by molar-refractivity contribution is 9.11. The average Bonchev–Trinajstić information content (AvgIpc) is 2.85. The molecule has 0 spiro atoms. The summed E-state index contributed by atoms with van der Waals surface area (Å²) in [6, 6.07) is 3.88. The van der Waals surface area contributed by atoms with Gasteiger partial charge in [0.2, 0.25) is 0 Å². The summed E-state index contributed by atoms with van der Waals surface area (Å²) < 4.78 is 20.2. The summed E-state index contributed by atoms with van der Waals surface area (Å²) in [5.74, 6) is -0.209. The molecule has 0 N–H and O–H groups in total. The monoisotopic (exact) mass is 407 g/mol. The highest BCUT2D eigenvalue weighted by Gasteiger charge is 2.14. The van der Waals surface area contributed by atoms with E-state index in [9.17, 15) is 9.18 Å². The van der Waals surface area contributed by atoms with Gasteiger partial charge in [-0.1, -0.05) is 0 Å². The lowest BCUT2D eigenvalue weighted by Gasteiger charge is -2.07. The van der Waals surface area contributed by atoms with Gasteiger partial charge in [0.05, 0.1) is 28.3 Å². The first-order chi connectivity index (χ1) is 11.5. The highest BCUT2D eigenvalue weighted by atomic mass is 79.9. The van der Waals surface area contributed by atoms with Gasteiger partial charge < -0.3 is 4.74 Å². The zero-order valence-electron chi connectivity index (χ0n) is 12.5. The van der Waals surface area contributed by atoms with E-state index in [2.05, 4.69) is 30.9 Å². The van der Waals surface area contributed by atoms with Crippen molar-refractivity contribution in [1.29, 1.82) is 0 Å². The molecule has 0 fully saturated rings. The summed E-state index contributed by atoms with van der Waals surface area (Å²) in [5, 5.41) is 0.674. The van der Waals surface area contributed by atoms with Crippen LogP contribution < -0.4 is 4.74 Å². The number of ketones is 1. The second-order valence-electron chi connectivity index (χ2n) is 4.92. The number of aromatic nitrogens is 3. The number of Topliss-reactive ketones (excluding diaryl/α,β-unsaturated/α-hetero) is 1. The molecule has 3 aromatic rings. The Kier molecular flexibility index (Phi) is 4.96. The van der Waals surface area contributed by atoms with Gasteiger partial charge in [0.1, 0.15) is 22.9 Å². The third-order valence-electron chi connectivity index (χ3n) is 3.06. The smallest absolute Gasteiger partial charge is 0.169 e. The van der Waals surface area contributed by atoms with Crippen LogP contribution in [0.15, 0.2) is 40.7 Å². The standard InChI is InChI=1S/C16H11BrFN3O2S/c1-9-16(17)24-15(21-9)5-14(22)10-2-11(18)4-12(3-10)23-13-6-19-8-20-7-13/h2-4,6-8H,5H2,1H3. The predicted molar refractivity (Wildman–Crippen MR) is 91.1 cm³/mol. The summed E-state index contributed by atoms with van der Waals surface area (Å²) >= 11 is 4.77. The van der Waals surface area contributed by atoms with Crippen LogP contribution in [-0.4, -0.2) is 20.7 Å². The Balaban J connectivity index is 1.81. The molecule has 0 amide bonds. The van der Waals surface area contributed by atoms with E-state index in [0.29, 0.717) is 10.8 Å². The first-order valence-corrected chi connectivity index (χ1v) is 8.50. The SMILES string of the molecule is Cc1nc(CC(=O)c2cc(F)cc(Oc3cncnc3)c2)sc1Br. The Morgan fingerprint density at radius 3 is 2.67 bits per heavy atom. The minimum Gasteiger partial charge on any atom is -0.454 e. The number of hydrogen-bond acceptors (Lipinski definition) is 6. The van der Waals surface area contributed by atoms with E-state index in [1.165, 1.54) is 48.3 Å². The first kappa shape index (κ1) is 16.7. The molecule has 122 valence electrons. The van der Waals surface area contributed by atoms with Crippen molar-refractivity contribution in [3.8, 4) is 11.5 Å². The molecule has 0 aliphatic rings. The number of thiazole rings is 1. The van der Waals surface area contributed by atoms with Gasteiger partial charge in [0.15, 0.2) is 11.5 Å². The summed E-state index contributed by atoms with van der Waals surface area (Å²) in [4.78, 5) is 24.3. The fourth-order valence-corrected chi connectivity index (χ4v) is 3.44. The lowest BCUT2D eigenvalue weighted by Crippen LogP contribution is -2.04. The minimum atomic E-state index is -0.552. The lowest BCUT2D eigenvalue weighted by molar-refractivity contribution is 0.0992. The molecule has 2 aromatic heterocycles. The largest absolute Gasteiger partial charge is 0.454 e. The van der Waals surface area contributed by atoms with Crippen molar-refractivity contribution in [2.75, 3.05) is 0 Å². The molecule has 0 bridgehead atoms. The van der Waals surface area contributed by atoms with Crippen LogP contribution >= 0.6 is 27.3 Å². The van der Waals surface area contributed by atoms with Gasteiger partial charge in [-0.25, -0.2) is 19.3 Å². The van der Waals surface area contributed by atoms with Crippen LogP contribution in [0.3, 0.4) is 0 Å². The third kappa shape index (κ3) is 4.01. The van der Waals surface area contributed by atoms with E-state index in [4.69, 9.17) is 4.74 Å². The Labute approximate surface area is 149 Å². The Morgan fingerprint density at radius 2 is 2.00 bits per heavy atom. The van der Waals surface area contributed by atoms with Gasteiger partial charge in [0.25, 0.3) is 0 Å². The maximum absolute atomic E-state index is 13.8. The summed E-state index contributed by atoms with van der Waals surface area (Å²) in [6.45, 7) is 1.85. The molecule has 0 aliphatic carbocycles. The molecule has 0 unspecified atom stereocenters. The summed E-state index contributed by atoms with van der Waals surface area (Å²) in [6.07, 6.45) is 4.38. The predicted octanol–water partition coefficient (Wildman–Crippen LogP) is 4.36. The van der Waals surface area contributed by atoms with Crippen molar-refractivity contribution in [3.05, 3.63) is 62.8 Å². The molecule has 2 heterocycles. The zero-order chi connectivity index (χ0) is 17.1. The average molecular weight is 408 g/mol. The third-order valence-corrected chi connectivity index (χ3v) is 5.07. The Morgan fingerprint density at radius 1 is 1.25 bits per heavy atom. The van der Waals surface area contributed by atoms with Gasteiger partial charge in [-0.15, -0.1) is 11.3 Å². The Hall–Kier alpha value is -2.19. The van der Waals surface area contributed by atoms with Crippen LogP contribution in [0.25, 0.3) is 0 Å². The van der Waals surface area contributed by atoms with E-state index in [1.54, 1.807) is 0 Å². The fourth-order valence-electron chi connectivity index (χ4n) is 2.00. The Bertz CT molecular complexity index is 867. The highest BCUT2D eigenvalue weighted by Crippen LogP contribution is 2.26. The number of nitrogens with zero attached hydrogens (tertiary/aromatic N) is 3. The van der Waals surface area contributed by atoms with Gasteiger partial charge in [-0.05, 0) is 35.0 Å². The summed E-state index contributed by atoms with van der Waals surface area (Å²) in [5.41, 5.74) is 1.06. The van der Waals surface area contributed by atoms with Crippen molar-refractivity contribution < 1.29 is 13.9 Å². The van der Waals surface area contributed by atoms with Crippen LogP contribution in [0.4, 0.5) is 4.39 Å². The van der Waals surface area contributed by atoms with Crippen LogP contribution in [0.1, 0.15) is 21.1 Å². The van der Waals surface area contributed by atoms with Crippen LogP contribution in [0.5, 0.6) is 11.5 Å². The van der Waals surface area contributed by atoms with Crippen LogP contribution in [0, 0.1) is 12.7 Å². The number of benzene rings is 1. The molecule has 0 saturated carbocycles. The van der Waals surface area contributed by atoms with Gasteiger partial charge in [0, 0.05) is 11.6 Å². The number of aryl methyl sites for hydroxylation is 1. The van der Waals surface area contributed by atoms with Crippen molar-refractivity contribution in [1.82, 2.24) is 15.0 Å². The molecule has 0 atom stereocenters. The molecule has 5 nitrogen and oxygen atoms in total. The fraction of sp³-hybridized carbons (Fsp3) is 0.125. The zero-order valence-corrected chi connectivity index (χ0v) is 14.9. The van der Waals surface area contributed by atoms with E-state index in [1.807, 2.05) is 6.92 Å². The maximum Gasteiger partial charge on any atom is 0.169 e. The lowest BCUT2D eigenvalue weighted by atomic mass is 10.1. The summed E-state index contributed by atoms with van der Waals surface area (Å²) in [7, 11) is 0. The van der Waals surface area contributed by atoms with Crippen LogP contribution in [0.2, 0.25) is 0 Å². The molecular formula is C16H11BrFN3O2S. The normalized spacial score (nSPS) is 10.6. The second-order valence-corrected chi connectivity index (χ2v) is 7.32. The number of halogens is 2. The molecule has 0 saturated heterocycles. The molecular weight excluding hydrogens is 397 g/mol. The maximum atomic E-state index is 13.8. The van der Waals surface area contributed by atoms with Gasteiger partial charge in [-0.3, -0.25) is 4.79 Å². The topological polar surface area (TPSA) is 65.0 Å². The van der Waals surface area contributed by atoms with E-state index in [-0.39, 0.29) is 23.5 Å². The molecule has 3 rings (SSSR count). The number of carbonyl (C=O) groups excluding carboxylic acids is 1. The van der Waals surface area contributed by atoms with Gasteiger partial charge in [-0.2, -0.15) is 0 Å². The van der Waals surface area contributed by atoms with Gasteiger partial charge >= 0.3 is 0 Å². The molecule has 8 heteroatoms. The van der Waals surface area contributed by atoms with E-state index in [0.717, 1.165) is 9.48 Å². The van der Waals surface area contributed by atoms with Crippen molar-refractivity contribution in [2.45, 2.75) is 13.3 Å². The quantitative estimate of drug-likeness (QED) is 0.587. The van der Waals surface area contributed by atoms with Crippen molar-refractivity contribution in [3.63, 3.8) is 0 Å². The van der Waals surface area contributed by atoms with Crippen molar-refractivity contribution in [2.24, 2.45) is 0 Å². The van der Waals surface area contributed by atoms with E-state index >= 15 is 0 Å². The number of carbonyl (C=O) groups is 1. The second kappa shape index (κ2) is 7.14. The molecule has 0 radical (unpaired) electrons. The van der Waals surface area contributed by atoms with Crippen molar-refractivity contribution >= 4 is 33.0 Å². The minimum absolute atomic E-state index is 0.106. The number of rotatable bonds is 5. The number of ether oxygens (including phenoxy) is 1. The first-order valence-electron chi connectivity index (χ1n) is 6.90. The molecule has 24 heavy (non-hydrogen) atoms. The molecule has 0 aliphatic heterocycles. The van der Waals surface area contributed by atoms with E-state index < -0.39 is 5.82 Å². The van der Waals surface area contributed by atoms with Crippen LogP contribution in [-0.2, 0) is 6.42 Å². The number of hydrogen-bond donors (Lipinski definition) is 0.